The fourth-order valence-electron chi connectivity index (χ4n) is 3.61. The van der Waals surface area contributed by atoms with Gasteiger partial charge in [0.1, 0.15) is 5.82 Å². The summed E-state index contributed by atoms with van der Waals surface area (Å²) < 4.78 is 13.3. The largest absolute Gasteiger partial charge is 0.326 e. The fraction of sp³-hybridized carbons (Fsp3) is 0.500. The highest BCUT2D eigenvalue weighted by Crippen LogP contribution is 2.37. The van der Waals surface area contributed by atoms with E-state index in [4.69, 9.17) is 0 Å². The van der Waals surface area contributed by atoms with Gasteiger partial charge < -0.3 is 5.32 Å². The minimum absolute atomic E-state index is 0.0207. The number of benzene rings is 1. The van der Waals surface area contributed by atoms with Gasteiger partial charge in [-0.1, -0.05) is 18.9 Å². The molecule has 0 radical (unpaired) electrons. The number of likely N-dealkylation sites (tertiary alicyclic amines) is 1. The Labute approximate surface area is 140 Å². The Bertz CT molecular complexity index is 665. The summed E-state index contributed by atoms with van der Waals surface area (Å²) >= 11 is 0. The average Bonchev–Trinajstić information content (AvgIpc) is 2.81. The number of hydrogen-bond donors (Lipinski definition) is 1. The van der Waals surface area contributed by atoms with Crippen molar-refractivity contribution in [3.8, 4) is 0 Å². The third-order valence-corrected chi connectivity index (χ3v) is 4.97. The number of imide groups is 1. The Kier molecular flexibility index (Phi) is 4.64. The number of amides is 3. The molecule has 128 valence electrons. The number of carbonyl (C=O) groups excluding carboxylic acids is 3. The molecule has 0 unspecified atom stereocenters. The molecule has 3 rings (SSSR count). The van der Waals surface area contributed by atoms with Gasteiger partial charge in [-0.2, -0.15) is 0 Å². The topological polar surface area (TPSA) is 66.5 Å². The zero-order valence-corrected chi connectivity index (χ0v) is 13.7. The van der Waals surface area contributed by atoms with Gasteiger partial charge in [0.2, 0.25) is 17.7 Å². The average molecular weight is 332 g/mol. The molecular formula is C18H21FN2O3. The maximum Gasteiger partial charge on any atom is 0.233 e. The van der Waals surface area contributed by atoms with Crippen LogP contribution in [0.5, 0.6) is 0 Å². The summed E-state index contributed by atoms with van der Waals surface area (Å²) in [6, 6.07) is 4.17. The molecule has 0 spiro atoms. The van der Waals surface area contributed by atoms with Gasteiger partial charge in [-0.15, -0.1) is 0 Å². The number of carbonyl (C=O) groups is 3. The van der Waals surface area contributed by atoms with Crippen molar-refractivity contribution in [1.29, 1.82) is 0 Å². The standard InChI is InChI=1S/C18H21FN2O3/c1-11-6-7-12(19)10-15(11)20-16(22)8-9-21-17(23)13-4-2-3-5-14(13)18(21)24/h6-7,10,13-14H,2-5,8-9H2,1H3,(H,20,22)/t13-,14+. The first-order chi connectivity index (χ1) is 11.5. The predicted molar refractivity (Wildman–Crippen MR) is 86.6 cm³/mol. The van der Waals surface area contributed by atoms with Crippen LogP contribution in [0.4, 0.5) is 10.1 Å². The van der Waals surface area contributed by atoms with Crippen molar-refractivity contribution in [2.24, 2.45) is 11.8 Å². The predicted octanol–water partition coefficient (Wildman–Crippen LogP) is 2.64. The van der Waals surface area contributed by atoms with Crippen LogP contribution in [0.2, 0.25) is 0 Å². The van der Waals surface area contributed by atoms with E-state index < -0.39 is 5.82 Å². The smallest absolute Gasteiger partial charge is 0.233 e. The fourth-order valence-corrected chi connectivity index (χ4v) is 3.61. The number of aryl methyl sites for hydroxylation is 1. The monoisotopic (exact) mass is 332 g/mol. The van der Waals surface area contributed by atoms with Gasteiger partial charge in [0.25, 0.3) is 0 Å². The molecule has 2 fully saturated rings. The Morgan fingerprint density at radius 1 is 1.21 bits per heavy atom. The number of hydrogen-bond acceptors (Lipinski definition) is 3. The van der Waals surface area contributed by atoms with Crippen LogP contribution >= 0.6 is 0 Å². The number of rotatable bonds is 4. The van der Waals surface area contributed by atoms with Crippen LogP contribution in [0.3, 0.4) is 0 Å². The zero-order valence-electron chi connectivity index (χ0n) is 13.7. The summed E-state index contributed by atoms with van der Waals surface area (Å²) in [5.41, 5.74) is 1.16. The molecule has 1 aromatic rings. The van der Waals surface area contributed by atoms with Gasteiger partial charge in [0, 0.05) is 18.7 Å². The van der Waals surface area contributed by atoms with Gasteiger partial charge in [-0.25, -0.2) is 4.39 Å². The minimum atomic E-state index is -0.426. The molecule has 1 N–H and O–H groups in total. The van der Waals surface area contributed by atoms with Gasteiger partial charge in [0.15, 0.2) is 0 Å². The van der Waals surface area contributed by atoms with E-state index in [0.717, 1.165) is 31.2 Å². The summed E-state index contributed by atoms with van der Waals surface area (Å²) in [6.45, 7) is 1.86. The molecule has 24 heavy (non-hydrogen) atoms. The molecule has 2 atom stereocenters. The van der Waals surface area contributed by atoms with E-state index >= 15 is 0 Å². The lowest BCUT2D eigenvalue weighted by Crippen LogP contribution is -2.34. The molecule has 1 saturated carbocycles. The summed E-state index contributed by atoms with van der Waals surface area (Å²) in [5.74, 6) is -1.43. The SMILES string of the molecule is Cc1ccc(F)cc1NC(=O)CCN1C(=O)[C@H]2CCCC[C@H]2C1=O. The summed E-state index contributed by atoms with van der Waals surface area (Å²) in [6.07, 6.45) is 3.51. The Hall–Kier alpha value is -2.24. The lowest BCUT2D eigenvalue weighted by atomic mass is 9.81. The van der Waals surface area contributed by atoms with Crippen molar-refractivity contribution in [3.05, 3.63) is 29.6 Å². The number of fused-ring (bicyclic) bond motifs is 1. The molecule has 1 aliphatic carbocycles. The summed E-state index contributed by atoms with van der Waals surface area (Å²) in [7, 11) is 0. The van der Waals surface area contributed by atoms with E-state index in [1.54, 1.807) is 13.0 Å². The third kappa shape index (κ3) is 3.18. The minimum Gasteiger partial charge on any atom is -0.326 e. The molecule has 6 heteroatoms. The highest BCUT2D eigenvalue weighted by atomic mass is 19.1. The second-order valence-corrected chi connectivity index (χ2v) is 6.58. The van der Waals surface area contributed by atoms with Crippen molar-refractivity contribution in [2.45, 2.75) is 39.0 Å². The van der Waals surface area contributed by atoms with Gasteiger partial charge in [-0.3, -0.25) is 19.3 Å². The van der Waals surface area contributed by atoms with Crippen molar-refractivity contribution in [3.63, 3.8) is 0 Å². The van der Waals surface area contributed by atoms with E-state index in [1.165, 1.54) is 17.0 Å². The number of halogens is 1. The number of nitrogens with one attached hydrogen (secondary N) is 1. The van der Waals surface area contributed by atoms with Crippen LogP contribution in [-0.2, 0) is 14.4 Å². The van der Waals surface area contributed by atoms with Crippen molar-refractivity contribution < 1.29 is 18.8 Å². The molecule has 0 bridgehead atoms. The van der Waals surface area contributed by atoms with Crippen LogP contribution in [-0.4, -0.2) is 29.2 Å². The molecule has 1 aromatic carbocycles. The molecule has 0 aromatic heterocycles. The molecule has 1 heterocycles. The van der Waals surface area contributed by atoms with Crippen molar-refractivity contribution >= 4 is 23.4 Å². The Morgan fingerprint density at radius 2 is 1.83 bits per heavy atom. The van der Waals surface area contributed by atoms with Crippen LogP contribution in [0.1, 0.15) is 37.7 Å². The van der Waals surface area contributed by atoms with E-state index in [9.17, 15) is 18.8 Å². The summed E-state index contributed by atoms with van der Waals surface area (Å²) in [5, 5.41) is 2.64. The van der Waals surface area contributed by atoms with Crippen LogP contribution in [0, 0.1) is 24.6 Å². The molecule has 5 nitrogen and oxygen atoms in total. The highest BCUT2D eigenvalue weighted by Gasteiger charge is 2.47. The van der Waals surface area contributed by atoms with E-state index in [1.807, 2.05) is 0 Å². The van der Waals surface area contributed by atoms with Gasteiger partial charge in [-0.05, 0) is 37.5 Å². The Balaban J connectivity index is 1.59. The normalized spacial score (nSPS) is 23.3. The van der Waals surface area contributed by atoms with Crippen LogP contribution < -0.4 is 5.32 Å². The maximum absolute atomic E-state index is 13.3. The quantitative estimate of drug-likeness (QED) is 0.862. The molecule has 2 aliphatic rings. The summed E-state index contributed by atoms with van der Waals surface area (Å²) in [4.78, 5) is 38.0. The van der Waals surface area contributed by atoms with E-state index in [2.05, 4.69) is 5.32 Å². The first-order valence-corrected chi connectivity index (χ1v) is 8.38. The molecular weight excluding hydrogens is 311 g/mol. The van der Waals surface area contributed by atoms with Crippen LogP contribution in [0.15, 0.2) is 18.2 Å². The third-order valence-electron chi connectivity index (χ3n) is 4.97. The van der Waals surface area contributed by atoms with Crippen molar-refractivity contribution in [1.82, 2.24) is 4.90 Å². The maximum atomic E-state index is 13.3. The second-order valence-electron chi connectivity index (χ2n) is 6.58. The van der Waals surface area contributed by atoms with E-state index in [0.29, 0.717) is 5.69 Å². The lowest BCUT2D eigenvalue weighted by Gasteiger charge is -2.19. The van der Waals surface area contributed by atoms with Gasteiger partial charge >= 0.3 is 0 Å². The highest BCUT2D eigenvalue weighted by molar-refractivity contribution is 6.05. The number of anilines is 1. The second kappa shape index (κ2) is 6.71. The molecule has 1 saturated heterocycles. The van der Waals surface area contributed by atoms with Gasteiger partial charge in [0.05, 0.1) is 11.8 Å². The number of nitrogens with zero attached hydrogens (tertiary/aromatic N) is 1. The Morgan fingerprint density at radius 3 is 2.46 bits per heavy atom. The van der Waals surface area contributed by atoms with E-state index in [-0.39, 0.29) is 42.5 Å². The molecule has 1 aliphatic heterocycles. The molecule has 3 amide bonds. The first kappa shape index (κ1) is 16.6. The first-order valence-electron chi connectivity index (χ1n) is 8.38. The van der Waals surface area contributed by atoms with Crippen LogP contribution in [0.25, 0.3) is 0 Å². The van der Waals surface area contributed by atoms with Crippen molar-refractivity contribution in [2.75, 3.05) is 11.9 Å². The lowest BCUT2D eigenvalue weighted by molar-refractivity contribution is -0.140. The zero-order chi connectivity index (χ0) is 17.3.